The summed E-state index contributed by atoms with van der Waals surface area (Å²) in [6.07, 6.45) is 0.813. The number of nitrogens with one attached hydrogen (secondary N) is 2. The first-order chi connectivity index (χ1) is 9.05. The Morgan fingerprint density at radius 2 is 2.32 bits per heavy atom. The first-order valence-electron chi connectivity index (χ1n) is 6.57. The van der Waals surface area contributed by atoms with Crippen molar-refractivity contribution in [1.29, 1.82) is 0 Å². The molecule has 0 aromatic carbocycles. The first kappa shape index (κ1) is 13.7. The van der Waals surface area contributed by atoms with Crippen LogP contribution in [0.3, 0.4) is 0 Å². The standard InChI is InChI=1S/C13H20N4O2/c1-4-14-11-6-5-10(16-17-11)12(18)15-13(3)7-8-19-9(13)2/h5-6,9H,4,7-8H2,1-3H3,(H,14,17)(H,15,18). The van der Waals surface area contributed by atoms with Crippen LogP contribution in [0.25, 0.3) is 0 Å². The summed E-state index contributed by atoms with van der Waals surface area (Å²) in [5.41, 5.74) is -0.0129. The van der Waals surface area contributed by atoms with Crippen LogP contribution in [-0.4, -0.2) is 40.9 Å². The number of carbonyl (C=O) groups excluding carboxylic acids is 1. The summed E-state index contributed by atoms with van der Waals surface area (Å²) in [6, 6.07) is 3.42. The quantitative estimate of drug-likeness (QED) is 0.854. The van der Waals surface area contributed by atoms with E-state index in [-0.39, 0.29) is 17.6 Å². The number of hydrogen-bond acceptors (Lipinski definition) is 5. The summed E-state index contributed by atoms with van der Waals surface area (Å²) < 4.78 is 5.50. The fourth-order valence-corrected chi connectivity index (χ4v) is 2.05. The van der Waals surface area contributed by atoms with Gasteiger partial charge in [-0.1, -0.05) is 0 Å². The molecule has 104 valence electrons. The predicted octanol–water partition coefficient (Wildman–Crippen LogP) is 1.21. The molecule has 2 atom stereocenters. The van der Waals surface area contributed by atoms with Crippen LogP contribution in [0.2, 0.25) is 0 Å². The van der Waals surface area contributed by atoms with Gasteiger partial charge in [0.1, 0.15) is 5.82 Å². The van der Waals surface area contributed by atoms with Gasteiger partial charge in [0.05, 0.1) is 11.6 Å². The number of rotatable bonds is 4. The number of anilines is 1. The number of nitrogens with zero attached hydrogens (tertiary/aromatic N) is 2. The van der Waals surface area contributed by atoms with Crippen LogP contribution in [-0.2, 0) is 4.74 Å². The number of ether oxygens (including phenoxy) is 1. The fraction of sp³-hybridized carbons (Fsp3) is 0.615. The highest BCUT2D eigenvalue weighted by molar-refractivity contribution is 5.92. The Labute approximate surface area is 112 Å². The molecule has 1 aliphatic heterocycles. The molecule has 6 heteroatoms. The third-order valence-electron chi connectivity index (χ3n) is 3.54. The molecule has 1 aromatic heterocycles. The highest BCUT2D eigenvalue weighted by atomic mass is 16.5. The van der Waals surface area contributed by atoms with Gasteiger partial charge in [0.2, 0.25) is 0 Å². The molecule has 2 unspecified atom stereocenters. The van der Waals surface area contributed by atoms with Crippen LogP contribution in [0.15, 0.2) is 12.1 Å². The Balaban J connectivity index is 2.03. The maximum Gasteiger partial charge on any atom is 0.272 e. The first-order valence-corrected chi connectivity index (χ1v) is 6.57. The lowest BCUT2D eigenvalue weighted by atomic mass is 9.94. The van der Waals surface area contributed by atoms with Gasteiger partial charge in [0.25, 0.3) is 5.91 Å². The van der Waals surface area contributed by atoms with Crippen molar-refractivity contribution in [1.82, 2.24) is 15.5 Å². The van der Waals surface area contributed by atoms with E-state index in [9.17, 15) is 4.79 Å². The lowest BCUT2D eigenvalue weighted by Crippen LogP contribution is -2.50. The molecule has 0 bridgehead atoms. The van der Waals surface area contributed by atoms with Crippen molar-refractivity contribution in [2.45, 2.75) is 38.8 Å². The summed E-state index contributed by atoms with van der Waals surface area (Å²) in [5.74, 6) is 0.457. The molecule has 1 aliphatic rings. The number of amides is 1. The zero-order valence-electron chi connectivity index (χ0n) is 11.6. The molecule has 0 saturated carbocycles. The second-order valence-corrected chi connectivity index (χ2v) is 4.97. The Bertz CT molecular complexity index is 448. The van der Waals surface area contributed by atoms with E-state index in [1.54, 1.807) is 12.1 Å². The van der Waals surface area contributed by atoms with Crippen molar-refractivity contribution in [3.63, 3.8) is 0 Å². The summed E-state index contributed by atoms with van der Waals surface area (Å²) >= 11 is 0. The van der Waals surface area contributed by atoms with Crippen LogP contribution in [0.4, 0.5) is 5.82 Å². The van der Waals surface area contributed by atoms with Gasteiger partial charge >= 0.3 is 0 Å². The molecule has 1 aromatic rings. The fourth-order valence-electron chi connectivity index (χ4n) is 2.05. The third kappa shape index (κ3) is 3.01. The van der Waals surface area contributed by atoms with E-state index in [0.29, 0.717) is 18.1 Å². The average molecular weight is 264 g/mol. The van der Waals surface area contributed by atoms with Crippen LogP contribution < -0.4 is 10.6 Å². The number of carbonyl (C=O) groups is 1. The monoisotopic (exact) mass is 264 g/mol. The van der Waals surface area contributed by atoms with Crippen molar-refractivity contribution in [2.24, 2.45) is 0 Å². The van der Waals surface area contributed by atoms with Crippen LogP contribution in [0.5, 0.6) is 0 Å². The molecule has 19 heavy (non-hydrogen) atoms. The van der Waals surface area contributed by atoms with Gasteiger partial charge in [-0.2, -0.15) is 0 Å². The van der Waals surface area contributed by atoms with Gasteiger partial charge < -0.3 is 15.4 Å². The second kappa shape index (κ2) is 5.52. The topological polar surface area (TPSA) is 76.1 Å². The van der Waals surface area contributed by atoms with Crippen LogP contribution in [0, 0.1) is 0 Å². The van der Waals surface area contributed by atoms with E-state index >= 15 is 0 Å². The molecular weight excluding hydrogens is 244 g/mol. The summed E-state index contributed by atoms with van der Waals surface area (Å²) in [4.78, 5) is 12.1. The molecular formula is C13H20N4O2. The summed E-state index contributed by atoms with van der Waals surface area (Å²) in [6.45, 7) is 7.37. The van der Waals surface area contributed by atoms with Gasteiger partial charge in [0.15, 0.2) is 5.69 Å². The summed E-state index contributed by atoms with van der Waals surface area (Å²) in [5, 5.41) is 13.9. The Morgan fingerprint density at radius 3 is 2.84 bits per heavy atom. The van der Waals surface area contributed by atoms with Crippen molar-refractivity contribution >= 4 is 11.7 Å². The zero-order valence-corrected chi connectivity index (χ0v) is 11.6. The Morgan fingerprint density at radius 1 is 1.53 bits per heavy atom. The highest BCUT2D eigenvalue weighted by Gasteiger charge is 2.38. The maximum absolute atomic E-state index is 12.1. The summed E-state index contributed by atoms with van der Waals surface area (Å²) in [7, 11) is 0. The third-order valence-corrected chi connectivity index (χ3v) is 3.54. The maximum atomic E-state index is 12.1. The molecule has 0 spiro atoms. The lowest BCUT2D eigenvalue weighted by molar-refractivity contribution is 0.0723. The average Bonchev–Trinajstić information content (AvgIpc) is 2.70. The van der Waals surface area contributed by atoms with Crippen LogP contribution >= 0.6 is 0 Å². The molecule has 2 rings (SSSR count). The highest BCUT2D eigenvalue weighted by Crippen LogP contribution is 2.25. The smallest absolute Gasteiger partial charge is 0.272 e. The van der Waals surface area contributed by atoms with Crippen LogP contribution in [0.1, 0.15) is 37.7 Å². The molecule has 2 heterocycles. The van der Waals surface area contributed by atoms with Crippen molar-refractivity contribution in [3.8, 4) is 0 Å². The number of aromatic nitrogens is 2. The largest absolute Gasteiger partial charge is 0.376 e. The Kier molecular flexibility index (Phi) is 3.99. The minimum Gasteiger partial charge on any atom is -0.376 e. The van der Waals surface area contributed by atoms with E-state index < -0.39 is 0 Å². The van der Waals surface area contributed by atoms with Gasteiger partial charge in [-0.3, -0.25) is 4.79 Å². The van der Waals surface area contributed by atoms with E-state index in [1.807, 2.05) is 20.8 Å². The van der Waals surface area contributed by atoms with Crippen molar-refractivity contribution < 1.29 is 9.53 Å². The van der Waals surface area contributed by atoms with Gasteiger partial charge in [-0.25, -0.2) is 0 Å². The van der Waals surface area contributed by atoms with Crippen molar-refractivity contribution in [3.05, 3.63) is 17.8 Å². The minimum absolute atomic E-state index is 0.00504. The molecule has 1 saturated heterocycles. The molecule has 1 amide bonds. The molecule has 1 fully saturated rings. The molecule has 0 aliphatic carbocycles. The lowest BCUT2D eigenvalue weighted by Gasteiger charge is -2.28. The van der Waals surface area contributed by atoms with E-state index in [4.69, 9.17) is 4.74 Å². The second-order valence-electron chi connectivity index (χ2n) is 4.97. The Hall–Kier alpha value is -1.69. The van der Waals surface area contributed by atoms with E-state index in [2.05, 4.69) is 20.8 Å². The SMILES string of the molecule is CCNc1ccc(C(=O)NC2(C)CCOC2C)nn1. The molecule has 6 nitrogen and oxygen atoms in total. The minimum atomic E-state index is -0.334. The molecule has 2 N–H and O–H groups in total. The van der Waals surface area contributed by atoms with Gasteiger partial charge in [0, 0.05) is 13.2 Å². The number of hydrogen-bond donors (Lipinski definition) is 2. The van der Waals surface area contributed by atoms with Gasteiger partial charge in [-0.05, 0) is 39.3 Å². The van der Waals surface area contributed by atoms with Gasteiger partial charge in [-0.15, -0.1) is 10.2 Å². The normalized spacial score (nSPS) is 26.2. The zero-order chi connectivity index (χ0) is 13.9. The van der Waals surface area contributed by atoms with Crippen molar-refractivity contribution in [2.75, 3.05) is 18.5 Å². The predicted molar refractivity (Wildman–Crippen MR) is 72.1 cm³/mol. The van der Waals surface area contributed by atoms with E-state index in [0.717, 1.165) is 13.0 Å². The van der Waals surface area contributed by atoms with E-state index in [1.165, 1.54) is 0 Å². The molecule has 0 radical (unpaired) electrons.